The summed E-state index contributed by atoms with van der Waals surface area (Å²) in [7, 11) is -3.27. The van der Waals surface area contributed by atoms with E-state index in [2.05, 4.69) is 15.4 Å². The summed E-state index contributed by atoms with van der Waals surface area (Å²) >= 11 is 0. The van der Waals surface area contributed by atoms with E-state index in [0.717, 1.165) is 23.2 Å². The molecule has 196 valence electrons. The highest BCUT2D eigenvalue weighted by atomic mass is 32.2. The van der Waals surface area contributed by atoms with Crippen LogP contribution in [0.3, 0.4) is 0 Å². The Morgan fingerprint density at radius 3 is 2.31 bits per heavy atom. The molecule has 2 heterocycles. The summed E-state index contributed by atoms with van der Waals surface area (Å²) in [5.74, 6) is -4.16. The number of carbonyl (C=O) groups excluding carboxylic acids is 1. The molecule has 4 saturated carbocycles. The number of amides is 1. The van der Waals surface area contributed by atoms with Gasteiger partial charge in [-0.05, 0) is 36.8 Å². The van der Waals surface area contributed by atoms with Crippen LogP contribution in [0.15, 0.2) is 23.4 Å². The van der Waals surface area contributed by atoms with Crippen LogP contribution in [-0.2, 0) is 27.9 Å². The maximum absolute atomic E-state index is 14.4. The van der Waals surface area contributed by atoms with Crippen molar-refractivity contribution < 1.29 is 35.3 Å². The van der Waals surface area contributed by atoms with Gasteiger partial charge >= 0.3 is 6.18 Å². The third-order valence-corrected chi connectivity index (χ3v) is 8.23. The molecule has 0 radical (unpaired) electrons. The third-order valence-electron chi connectivity index (χ3n) is 7.21. The number of alkyl halides is 6. The molecule has 0 unspecified atom stereocenters. The van der Waals surface area contributed by atoms with Crippen molar-refractivity contribution in [2.24, 2.45) is 5.41 Å². The minimum absolute atomic E-state index is 0.0520. The van der Waals surface area contributed by atoms with E-state index in [1.807, 2.05) is 0 Å². The molecule has 2 aromatic rings. The van der Waals surface area contributed by atoms with Crippen LogP contribution in [0.1, 0.15) is 60.8 Å². The van der Waals surface area contributed by atoms with Gasteiger partial charge in [0.2, 0.25) is 5.92 Å². The average Bonchev–Trinajstić information content (AvgIpc) is 3.01. The largest absolute Gasteiger partial charge is 0.420 e. The highest BCUT2D eigenvalue weighted by molar-refractivity contribution is 7.91. The maximum atomic E-state index is 14.4. The Labute approximate surface area is 202 Å². The van der Waals surface area contributed by atoms with Crippen LogP contribution < -0.4 is 5.32 Å². The molecule has 0 aromatic carbocycles. The zero-order chi connectivity index (χ0) is 26.5. The third kappa shape index (κ3) is 4.06. The van der Waals surface area contributed by atoms with E-state index in [0.29, 0.717) is 0 Å². The Hall–Kier alpha value is -2.64. The van der Waals surface area contributed by atoms with Crippen molar-refractivity contribution in [3.8, 4) is 0 Å². The van der Waals surface area contributed by atoms with Crippen molar-refractivity contribution in [3.05, 3.63) is 35.3 Å². The van der Waals surface area contributed by atoms with Crippen LogP contribution in [0.25, 0.3) is 0 Å². The molecule has 4 aliphatic rings. The van der Waals surface area contributed by atoms with Crippen molar-refractivity contribution in [1.29, 1.82) is 4.78 Å². The fourth-order valence-electron chi connectivity index (χ4n) is 5.92. The summed E-state index contributed by atoms with van der Waals surface area (Å²) in [6.07, 6.45) is -4.34. The summed E-state index contributed by atoms with van der Waals surface area (Å²) in [6.45, 7) is 1.13. The summed E-state index contributed by atoms with van der Waals surface area (Å²) in [4.78, 5) is 17.1. The molecule has 4 aliphatic carbocycles. The van der Waals surface area contributed by atoms with Gasteiger partial charge in [0.05, 0.1) is 15.4 Å². The summed E-state index contributed by atoms with van der Waals surface area (Å²) in [6, 6.07) is 2.37. The molecule has 2 aromatic heterocycles. The van der Waals surface area contributed by atoms with Gasteiger partial charge < -0.3 is 5.32 Å². The van der Waals surface area contributed by atoms with Crippen molar-refractivity contribution >= 4 is 21.3 Å². The van der Waals surface area contributed by atoms with Crippen molar-refractivity contribution in [1.82, 2.24) is 14.8 Å². The second-order valence-corrected chi connectivity index (χ2v) is 13.0. The van der Waals surface area contributed by atoms with E-state index in [9.17, 15) is 35.3 Å². The standard InChI is InChI=1S/C22H23F6N5O2S/c1-18(6-21(24,25)7-18)11-33-15(17(34)31-12-3-4-30-13(5-12)36(2,29)35)14(22(26,27)28)16(32-33)19-8-20(23,9-19)10-19/h3-5,29H,6-11H2,1-2H3,(H,30,31,34)/t19?,20?,36-/m1/s1. The first kappa shape index (κ1) is 25.0. The summed E-state index contributed by atoms with van der Waals surface area (Å²) in [5.41, 5.74) is -6.41. The fraction of sp³-hybridized carbons (Fsp3) is 0.591. The Morgan fingerprint density at radius 2 is 1.81 bits per heavy atom. The number of hydrogen-bond donors (Lipinski definition) is 2. The smallest absolute Gasteiger partial charge is 0.320 e. The van der Waals surface area contributed by atoms with E-state index in [1.54, 1.807) is 0 Å². The highest BCUT2D eigenvalue weighted by Gasteiger charge is 2.72. The minimum atomic E-state index is -5.02. The monoisotopic (exact) mass is 535 g/mol. The normalized spacial score (nSPS) is 29.3. The van der Waals surface area contributed by atoms with Crippen molar-refractivity contribution in [3.63, 3.8) is 0 Å². The zero-order valence-electron chi connectivity index (χ0n) is 19.3. The number of rotatable bonds is 6. The first-order chi connectivity index (χ1) is 16.3. The second-order valence-electron chi connectivity index (χ2n) is 10.9. The van der Waals surface area contributed by atoms with Gasteiger partial charge in [-0.2, -0.15) is 18.3 Å². The molecular formula is C22H23F6N5O2S. The molecule has 14 heteroatoms. The van der Waals surface area contributed by atoms with E-state index in [4.69, 9.17) is 4.78 Å². The van der Waals surface area contributed by atoms with Gasteiger partial charge in [0, 0.05) is 42.9 Å². The van der Waals surface area contributed by atoms with Crippen molar-refractivity contribution in [2.45, 2.75) is 73.8 Å². The van der Waals surface area contributed by atoms with Crippen LogP contribution in [0.2, 0.25) is 0 Å². The van der Waals surface area contributed by atoms with Gasteiger partial charge in [-0.25, -0.2) is 27.1 Å². The van der Waals surface area contributed by atoms with Crippen molar-refractivity contribution in [2.75, 3.05) is 11.6 Å². The van der Waals surface area contributed by atoms with Crippen LogP contribution in [0.4, 0.5) is 32.0 Å². The molecule has 4 fully saturated rings. The molecule has 36 heavy (non-hydrogen) atoms. The van der Waals surface area contributed by atoms with Gasteiger partial charge in [0.25, 0.3) is 5.91 Å². The first-order valence-corrected chi connectivity index (χ1v) is 13.1. The molecule has 0 aliphatic heterocycles. The topological polar surface area (TPSA) is 101 Å². The molecule has 1 atom stereocenters. The maximum Gasteiger partial charge on any atom is 0.420 e. The van der Waals surface area contributed by atoms with E-state index in [-0.39, 0.29) is 36.5 Å². The van der Waals surface area contributed by atoms with Crippen LogP contribution in [-0.4, -0.2) is 42.7 Å². The number of anilines is 1. The fourth-order valence-corrected chi connectivity index (χ4v) is 6.54. The van der Waals surface area contributed by atoms with Gasteiger partial charge in [-0.3, -0.25) is 9.48 Å². The zero-order valence-corrected chi connectivity index (χ0v) is 20.1. The van der Waals surface area contributed by atoms with Gasteiger partial charge in [0.1, 0.15) is 22.0 Å². The summed E-state index contributed by atoms with van der Waals surface area (Å²) in [5, 5.41) is 6.24. The number of carbonyl (C=O) groups is 1. The molecule has 7 nitrogen and oxygen atoms in total. The molecule has 1 amide bonds. The molecule has 6 rings (SSSR count). The average molecular weight is 536 g/mol. The molecule has 2 N–H and O–H groups in total. The van der Waals surface area contributed by atoms with E-state index >= 15 is 0 Å². The first-order valence-electron chi connectivity index (χ1n) is 11.1. The van der Waals surface area contributed by atoms with Gasteiger partial charge in [-0.15, -0.1) is 0 Å². The Balaban J connectivity index is 1.58. The van der Waals surface area contributed by atoms with Gasteiger partial charge in [-0.1, -0.05) is 6.92 Å². The SMILES string of the molecule is CC1(Cn2nc(C34CC(F)(C3)C4)c(C(F)(F)F)c2C(=O)Nc2ccnc([S@](C)(=N)=O)c2)CC(F)(F)C1. The van der Waals surface area contributed by atoms with E-state index < -0.39 is 74.0 Å². The number of pyridine rings is 1. The number of halogens is 6. The number of hydrogen-bond acceptors (Lipinski definition) is 5. The number of aromatic nitrogens is 3. The quantitative estimate of drug-likeness (QED) is 0.499. The van der Waals surface area contributed by atoms with E-state index in [1.165, 1.54) is 13.0 Å². The highest BCUT2D eigenvalue weighted by Crippen LogP contribution is 2.70. The summed E-state index contributed by atoms with van der Waals surface area (Å²) < 4.78 is 105. The lowest BCUT2D eigenvalue weighted by molar-refractivity contribution is -0.170. The lowest BCUT2D eigenvalue weighted by atomic mass is 9.41. The molecule has 0 spiro atoms. The van der Waals surface area contributed by atoms with Gasteiger partial charge in [0.15, 0.2) is 0 Å². The lowest BCUT2D eigenvalue weighted by Crippen LogP contribution is -2.67. The lowest BCUT2D eigenvalue weighted by Gasteiger charge is -2.65. The molecule has 2 bridgehead atoms. The van der Waals surface area contributed by atoms with Crippen LogP contribution in [0, 0.1) is 10.2 Å². The minimum Gasteiger partial charge on any atom is -0.320 e. The van der Waals surface area contributed by atoms with Crippen LogP contribution in [0.5, 0.6) is 0 Å². The Kier molecular flexibility index (Phi) is 5.02. The van der Waals surface area contributed by atoms with Crippen LogP contribution >= 0.6 is 0 Å². The second kappa shape index (κ2) is 7.23. The Morgan fingerprint density at radius 1 is 1.19 bits per heavy atom. The predicted octanol–water partition coefficient (Wildman–Crippen LogP) is 5.16. The number of nitrogens with zero attached hydrogens (tertiary/aromatic N) is 3. The molecular weight excluding hydrogens is 512 g/mol. The Bertz CT molecular complexity index is 1360. The number of nitrogens with one attached hydrogen (secondary N) is 2. The molecule has 0 saturated heterocycles. The predicted molar refractivity (Wildman–Crippen MR) is 116 cm³/mol.